The summed E-state index contributed by atoms with van der Waals surface area (Å²) in [5, 5.41) is 0. The van der Waals surface area contributed by atoms with E-state index in [0.29, 0.717) is 13.1 Å². The molecule has 1 fully saturated rings. The van der Waals surface area contributed by atoms with Crippen LogP contribution in [0.4, 0.5) is 4.39 Å². The van der Waals surface area contributed by atoms with E-state index in [9.17, 15) is 12.8 Å². The molecule has 0 spiro atoms. The quantitative estimate of drug-likeness (QED) is 0.780. The van der Waals surface area contributed by atoms with Gasteiger partial charge in [-0.1, -0.05) is 0 Å². The average molecular weight is 359 g/mol. The predicted octanol–water partition coefficient (Wildman–Crippen LogP) is 3.27. The summed E-state index contributed by atoms with van der Waals surface area (Å²) in [7, 11) is -3.56. The molecule has 0 amide bonds. The summed E-state index contributed by atoms with van der Waals surface area (Å²) in [4.78, 5) is 7.86. The lowest BCUT2D eigenvalue weighted by Gasteiger charge is -2.30. The lowest BCUT2D eigenvalue weighted by Crippen LogP contribution is -2.37. The van der Waals surface area contributed by atoms with Gasteiger partial charge in [0.15, 0.2) is 0 Å². The molecule has 1 aromatic carbocycles. The molecule has 0 bridgehead atoms. The predicted molar refractivity (Wildman–Crippen MR) is 93.2 cm³/mol. The summed E-state index contributed by atoms with van der Waals surface area (Å²) < 4.78 is 39.8. The molecule has 3 heterocycles. The fourth-order valence-electron chi connectivity index (χ4n) is 3.36. The number of benzene rings is 1. The van der Waals surface area contributed by atoms with Crippen molar-refractivity contribution >= 4 is 21.1 Å². The van der Waals surface area contributed by atoms with Crippen molar-refractivity contribution in [1.29, 1.82) is 0 Å². The minimum atomic E-state index is -3.56. The fourth-order valence-corrected chi connectivity index (χ4v) is 4.83. The van der Waals surface area contributed by atoms with Crippen LogP contribution in [0.2, 0.25) is 0 Å². The van der Waals surface area contributed by atoms with E-state index in [1.807, 2.05) is 18.2 Å². The molecular weight excluding hydrogens is 341 g/mol. The molecule has 1 N–H and O–H groups in total. The van der Waals surface area contributed by atoms with E-state index >= 15 is 0 Å². The number of nitrogens with one attached hydrogen (secondary N) is 1. The zero-order valence-electron chi connectivity index (χ0n) is 13.5. The van der Waals surface area contributed by atoms with Crippen molar-refractivity contribution in [3.63, 3.8) is 0 Å². The van der Waals surface area contributed by atoms with Crippen LogP contribution in [0, 0.1) is 5.82 Å². The van der Waals surface area contributed by atoms with E-state index in [0.717, 1.165) is 29.6 Å². The highest BCUT2D eigenvalue weighted by molar-refractivity contribution is 7.89. The maximum Gasteiger partial charge on any atom is 0.243 e. The second kappa shape index (κ2) is 6.24. The highest BCUT2D eigenvalue weighted by atomic mass is 32.2. The van der Waals surface area contributed by atoms with Crippen LogP contribution < -0.4 is 0 Å². The van der Waals surface area contributed by atoms with Crippen LogP contribution in [0.25, 0.3) is 11.0 Å². The number of pyridine rings is 1. The molecule has 2 aromatic heterocycles. The third kappa shape index (κ3) is 3.05. The molecule has 4 rings (SSSR count). The van der Waals surface area contributed by atoms with Gasteiger partial charge < -0.3 is 4.98 Å². The van der Waals surface area contributed by atoms with Gasteiger partial charge in [0.1, 0.15) is 5.82 Å². The second-order valence-electron chi connectivity index (χ2n) is 6.29. The average Bonchev–Trinajstić information content (AvgIpc) is 3.06. The van der Waals surface area contributed by atoms with Gasteiger partial charge in [-0.3, -0.25) is 4.98 Å². The molecule has 0 unspecified atom stereocenters. The molecule has 130 valence electrons. The Balaban J connectivity index is 1.50. The monoisotopic (exact) mass is 359 g/mol. The van der Waals surface area contributed by atoms with Gasteiger partial charge in [0.05, 0.1) is 15.9 Å². The minimum absolute atomic E-state index is 0.141. The molecule has 3 aromatic rings. The third-order valence-corrected chi connectivity index (χ3v) is 6.67. The first-order chi connectivity index (χ1) is 12.0. The molecule has 7 heteroatoms. The topological polar surface area (TPSA) is 66.1 Å². The van der Waals surface area contributed by atoms with Crippen LogP contribution in [0.5, 0.6) is 0 Å². The van der Waals surface area contributed by atoms with Crippen LogP contribution in [0.3, 0.4) is 0 Å². The first kappa shape index (κ1) is 16.2. The number of fused-ring (bicyclic) bond motifs is 1. The minimum Gasteiger partial charge on any atom is -0.357 e. The summed E-state index contributed by atoms with van der Waals surface area (Å²) >= 11 is 0. The Hall–Kier alpha value is -2.25. The Morgan fingerprint density at radius 3 is 2.52 bits per heavy atom. The van der Waals surface area contributed by atoms with Crippen molar-refractivity contribution < 1.29 is 12.8 Å². The molecule has 0 atom stereocenters. The van der Waals surface area contributed by atoms with E-state index in [1.165, 1.54) is 28.6 Å². The van der Waals surface area contributed by atoms with Crippen LogP contribution in [0.15, 0.2) is 53.6 Å². The maximum atomic E-state index is 13.0. The molecule has 0 saturated carbocycles. The largest absolute Gasteiger partial charge is 0.357 e. The van der Waals surface area contributed by atoms with Crippen molar-refractivity contribution in [2.24, 2.45) is 0 Å². The maximum absolute atomic E-state index is 13.0. The standard InChI is InChI=1S/C18H18FN3O2S/c19-14-3-5-15(6-4-14)25(23,24)22-10-7-13(8-11-22)17-12-18-16(21-17)2-1-9-20-18/h1-6,9,12-13,21H,7-8,10-11H2. The Labute approximate surface area is 145 Å². The first-order valence-corrected chi connectivity index (χ1v) is 9.67. The van der Waals surface area contributed by atoms with Gasteiger partial charge >= 0.3 is 0 Å². The molecule has 1 aliphatic rings. The number of sulfonamides is 1. The Morgan fingerprint density at radius 1 is 1.12 bits per heavy atom. The van der Waals surface area contributed by atoms with Gasteiger partial charge in [-0.2, -0.15) is 4.31 Å². The van der Waals surface area contributed by atoms with Crippen molar-refractivity contribution in [2.75, 3.05) is 13.1 Å². The van der Waals surface area contributed by atoms with Gasteiger partial charge in [0.25, 0.3) is 0 Å². The van der Waals surface area contributed by atoms with E-state index < -0.39 is 15.8 Å². The number of hydrogen-bond acceptors (Lipinski definition) is 3. The fraction of sp³-hybridized carbons (Fsp3) is 0.278. The van der Waals surface area contributed by atoms with Crippen molar-refractivity contribution in [1.82, 2.24) is 14.3 Å². The zero-order chi connectivity index (χ0) is 17.4. The molecule has 5 nitrogen and oxygen atoms in total. The van der Waals surface area contributed by atoms with Crippen LogP contribution in [-0.2, 0) is 10.0 Å². The Morgan fingerprint density at radius 2 is 1.84 bits per heavy atom. The van der Waals surface area contributed by atoms with Crippen LogP contribution in [0.1, 0.15) is 24.5 Å². The van der Waals surface area contributed by atoms with E-state index in [2.05, 4.69) is 9.97 Å². The highest BCUT2D eigenvalue weighted by Crippen LogP contribution is 2.31. The summed E-state index contributed by atoms with van der Waals surface area (Å²) in [5.74, 6) is -0.154. The molecule has 0 radical (unpaired) electrons. The highest BCUT2D eigenvalue weighted by Gasteiger charge is 2.30. The van der Waals surface area contributed by atoms with E-state index in [4.69, 9.17) is 0 Å². The SMILES string of the molecule is O=S(=O)(c1ccc(F)cc1)N1CCC(c2cc3ncccc3[nH]2)CC1. The van der Waals surface area contributed by atoms with Gasteiger partial charge in [-0.15, -0.1) is 0 Å². The van der Waals surface area contributed by atoms with Gasteiger partial charge in [0, 0.05) is 30.9 Å². The number of piperidine rings is 1. The summed E-state index contributed by atoms with van der Waals surface area (Å²) in [6.45, 7) is 0.903. The van der Waals surface area contributed by atoms with Crippen molar-refractivity contribution in [2.45, 2.75) is 23.7 Å². The summed E-state index contributed by atoms with van der Waals surface area (Å²) in [5.41, 5.74) is 3.03. The van der Waals surface area contributed by atoms with E-state index in [-0.39, 0.29) is 10.8 Å². The first-order valence-electron chi connectivity index (χ1n) is 8.23. The van der Waals surface area contributed by atoms with Crippen LogP contribution in [-0.4, -0.2) is 35.8 Å². The van der Waals surface area contributed by atoms with Gasteiger partial charge in [-0.05, 0) is 55.3 Å². The number of aromatic amines is 1. The second-order valence-corrected chi connectivity index (χ2v) is 8.23. The zero-order valence-corrected chi connectivity index (χ0v) is 14.3. The molecule has 25 heavy (non-hydrogen) atoms. The van der Waals surface area contributed by atoms with Crippen molar-refractivity contribution in [3.05, 3.63) is 60.2 Å². The molecular formula is C18H18FN3O2S. The molecule has 0 aliphatic carbocycles. The number of hydrogen-bond donors (Lipinski definition) is 1. The molecule has 1 saturated heterocycles. The lowest BCUT2D eigenvalue weighted by molar-refractivity contribution is 0.317. The Bertz CT molecular complexity index is 958. The van der Waals surface area contributed by atoms with Crippen LogP contribution >= 0.6 is 0 Å². The van der Waals surface area contributed by atoms with Crippen molar-refractivity contribution in [3.8, 4) is 0 Å². The smallest absolute Gasteiger partial charge is 0.243 e. The molecule has 1 aliphatic heterocycles. The number of rotatable bonds is 3. The normalized spacial score (nSPS) is 17.2. The summed E-state index contributed by atoms with van der Waals surface area (Å²) in [6.07, 6.45) is 3.25. The van der Waals surface area contributed by atoms with Gasteiger partial charge in [0.2, 0.25) is 10.0 Å². The number of nitrogens with zero attached hydrogens (tertiary/aromatic N) is 2. The number of aromatic nitrogens is 2. The number of H-pyrrole nitrogens is 1. The van der Waals surface area contributed by atoms with E-state index in [1.54, 1.807) is 6.20 Å². The van der Waals surface area contributed by atoms with Gasteiger partial charge in [-0.25, -0.2) is 12.8 Å². The lowest BCUT2D eigenvalue weighted by atomic mass is 9.95. The Kier molecular flexibility index (Phi) is 4.05. The third-order valence-electron chi connectivity index (χ3n) is 4.75. The number of halogens is 1. The summed E-state index contributed by atoms with van der Waals surface area (Å²) in [6, 6.07) is 10.9.